The molecule has 7 amide bonds. The van der Waals surface area contributed by atoms with Gasteiger partial charge in [0.25, 0.3) is 11.8 Å². The van der Waals surface area contributed by atoms with Crippen LogP contribution in [0.1, 0.15) is 97.2 Å². The van der Waals surface area contributed by atoms with Gasteiger partial charge < -0.3 is 29.3 Å². The lowest BCUT2D eigenvalue weighted by atomic mass is 10.0. The van der Waals surface area contributed by atoms with Crippen molar-refractivity contribution in [2.75, 3.05) is 33.0 Å². The van der Waals surface area contributed by atoms with E-state index < -0.39 is 29.7 Å². The smallest absolute Gasteiger partial charge is 0.407 e. The van der Waals surface area contributed by atoms with Gasteiger partial charge in [0.05, 0.1) is 6.61 Å². The molecular formula is C42H48BrN5O10S51. The summed E-state index contributed by atoms with van der Waals surface area (Å²) in [5, 5.41) is 7.13. The monoisotopic (exact) mass is 2490 g/mol. The predicted molar refractivity (Wildman–Crippen MR) is 590 cm³/mol. The van der Waals surface area contributed by atoms with E-state index in [9.17, 15) is 33.6 Å². The van der Waals surface area contributed by atoms with Gasteiger partial charge in [-0.15, -0.1) is 6.42 Å². The van der Waals surface area contributed by atoms with Crippen LogP contribution in [0.4, 0.5) is 4.79 Å². The minimum absolute atomic E-state index is 0.147. The summed E-state index contributed by atoms with van der Waals surface area (Å²) in [6, 6.07) is 9.69. The van der Waals surface area contributed by atoms with Gasteiger partial charge in [0, 0.05) is 522 Å². The van der Waals surface area contributed by atoms with Crippen LogP contribution in [0.5, 0.6) is 0 Å². The molecule has 0 radical (unpaired) electrons. The average Bonchev–Trinajstić information content (AvgIpc) is 1.64. The largest absolute Gasteiger partial charge is 0.444 e. The summed E-state index contributed by atoms with van der Waals surface area (Å²) < 4.78 is 16.2. The topological polar surface area (TPSA) is 190 Å². The molecule has 109 heavy (non-hydrogen) atoms. The van der Waals surface area contributed by atoms with Gasteiger partial charge in [0.15, 0.2) is 0 Å². The molecule has 0 aromatic heterocycles. The lowest BCUT2D eigenvalue weighted by Crippen LogP contribution is -2.52. The molecule has 15 nitrogen and oxygen atoms in total. The molecule has 67 heteroatoms. The van der Waals surface area contributed by atoms with Crippen LogP contribution < -0.4 is 16.0 Å². The predicted octanol–water partition coefficient (Wildman–Crippen LogP) is 3.47. The Labute approximate surface area is 793 Å². The van der Waals surface area contributed by atoms with Crippen LogP contribution in [-0.4, -0.2) is 102 Å². The highest BCUT2D eigenvalue weighted by atomic mass is 79.9. The van der Waals surface area contributed by atoms with E-state index in [1.807, 2.05) is 135 Å². The maximum atomic E-state index is 12.7. The highest BCUT2D eigenvalue weighted by Crippen LogP contribution is 2.32. The second kappa shape index (κ2) is 77.3. The number of halogens is 1. The zero-order valence-corrected chi connectivity index (χ0v) is 97.1. The van der Waals surface area contributed by atoms with Gasteiger partial charge in [-0.25, -0.2) is 4.79 Å². The van der Waals surface area contributed by atoms with E-state index in [4.69, 9.17) is 65.4 Å². The van der Waals surface area contributed by atoms with Gasteiger partial charge in [0.1, 0.15) is 30.9 Å². The quantitative estimate of drug-likeness (QED) is 0.188. The van der Waals surface area contributed by atoms with Gasteiger partial charge in [-0.3, -0.25) is 39.4 Å². The zero-order chi connectivity index (χ0) is 79.6. The standard InChI is InChI=1S/C19H20N2O4.C13H11BrN2O3.C10H17NO3.S28.S23/c1-2-10-25-11-4-6-13-5-3-7-14-15(13)12-21(19(14)24)16-8-9-17(22)20-18(16)23;14-9-3-1-2-7-8(9)6-16(13(7)19)10-4-5-11(17)15-12(10)18;1-5-7-13-8-6-11-9(12)14-10(2,3)4;1-3-5-7-9-11-13-15-17-19-21-23-25-27-28-26-24-22-20-18-16-14-12-10-8-6-4-2;1-3-5-7-9-11-13-15-17-19-21-23-22-20-18-16-14-12-10-8-6-4-2/h3,5,7,16H,2,8-12H2,1H3,(H,20,22,23);1-3,10H,4-6H2,(H,15,17,18);1H,6-8H2,2-4H3,(H,11,12);;. The van der Waals surface area contributed by atoms with Gasteiger partial charge in [-0.1, -0.05) is 52.7 Å². The molecule has 2 fully saturated rings. The SMILES string of the molecule is C#CCOCCNC(=O)OC(C)(C)C.CCCOCC#Cc1cccc2c1CN(C1CCC(=O)NC1=O)C2=O.O=C1CCC(N2Cc3c(Br)cccc3C2=O)C(=O)N1.S=S=S=S=S=S=S=S=S=S=S=S=S=S=S=S=S=S=S=S=S=S=S.S=S=S=S=S=S=S=S=S=S=S=S=S=S=S=S=S=S=S=S=S=S=S=S=S=S=S=S. The van der Waals surface area contributed by atoms with E-state index in [0.29, 0.717) is 63.4 Å². The highest BCUT2D eigenvalue weighted by Gasteiger charge is 2.41. The first kappa shape index (κ1) is 111. The molecule has 614 valence electrons. The molecule has 2 aromatic carbocycles. The van der Waals surface area contributed by atoms with Crippen LogP contribution in [0.25, 0.3) is 0 Å². The minimum Gasteiger partial charge on any atom is -0.444 e. The lowest BCUT2D eigenvalue weighted by Gasteiger charge is -2.29. The van der Waals surface area contributed by atoms with E-state index in [2.05, 4.69) is 49.6 Å². The number of benzene rings is 2. The van der Waals surface area contributed by atoms with Crippen LogP contribution in [0.15, 0.2) is 40.9 Å². The van der Waals surface area contributed by atoms with Crippen molar-refractivity contribution in [3.05, 3.63) is 68.7 Å². The number of nitrogens with one attached hydrogen (secondary N) is 3. The molecule has 2 saturated heterocycles. The zero-order valence-electron chi connectivity index (χ0n) is 53.9. The molecule has 4 aliphatic rings. The van der Waals surface area contributed by atoms with Gasteiger partial charge in [-0.05, 0) is 75.4 Å². The third-order valence-corrected chi connectivity index (χ3v) is 111. The highest BCUT2D eigenvalue weighted by molar-refractivity contribution is 9.10. The Balaban J connectivity index is 0.000000470. The van der Waals surface area contributed by atoms with Crippen molar-refractivity contribution in [2.24, 2.45) is 0 Å². The average molecular weight is 2500 g/mol. The number of alkyl carbamates (subject to hydrolysis) is 1. The lowest BCUT2D eigenvalue weighted by molar-refractivity contribution is -0.138. The number of fused-ring (bicyclic) bond motifs is 2. The van der Waals surface area contributed by atoms with Crippen LogP contribution in [-0.2, 0) is 509 Å². The number of carbonyl (C=O) groups is 7. The molecule has 2 atom stereocenters. The van der Waals surface area contributed by atoms with E-state index in [1.54, 1.807) is 311 Å². The molecular weight excluding hydrogens is 2450 g/mol. The first-order chi connectivity index (χ1) is 53.0. The number of piperidine rings is 2. The molecule has 2 aromatic rings. The molecule has 0 saturated carbocycles. The summed E-state index contributed by atoms with van der Waals surface area (Å²) in [5.41, 5.74) is 3.24. The Kier molecular flexibility index (Phi) is 78.5. The number of nitrogens with zero attached hydrogens (tertiary/aromatic N) is 2. The fourth-order valence-electron chi connectivity index (χ4n) is 6.81. The van der Waals surface area contributed by atoms with E-state index in [1.165, 1.54) is 45.3 Å². The van der Waals surface area contributed by atoms with Crippen molar-refractivity contribution in [3.63, 3.8) is 0 Å². The van der Waals surface area contributed by atoms with Crippen molar-refractivity contribution < 1.29 is 47.8 Å². The number of hydrogen-bond acceptors (Lipinski definition) is 14. The van der Waals surface area contributed by atoms with Crippen molar-refractivity contribution >= 4 is 520 Å². The minimum atomic E-state index is -0.605. The number of imide groups is 2. The third-order valence-electron chi connectivity index (χ3n) is 10.2. The Bertz CT molecular complexity index is 5980. The van der Waals surface area contributed by atoms with Gasteiger partial charge >= 0.3 is 6.09 Å². The van der Waals surface area contributed by atoms with Crippen LogP contribution in [0, 0.1) is 24.2 Å². The van der Waals surface area contributed by atoms with Gasteiger partial charge in [0.2, 0.25) is 23.6 Å². The second-order valence-corrected chi connectivity index (χ2v) is 102. The number of hydrogen-bond donors (Lipinski definition) is 3. The van der Waals surface area contributed by atoms with Crippen molar-refractivity contribution in [3.8, 4) is 24.2 Å². The molecule has 0 spiro atoms. The number of terminal acetylenes is 1. The summed E-state index contributed by atoms with van der Waals surface area (Å²) in [7, 11) is 81.7. The molecule has 0 aliphatic carbocycles. The first-order valence-corrected chi connectivity index (χ1v) is 93.2. The molecule has 4 heterocycles. The number of carbonyl (C=O) groups excluding carboxylic acids is 7. The summed E-state index contributed by atoms with van der Waals surface area (Å²) in [4.78, 5) is 85.5. The molecule has 4 aliphatic heterocycles. The normalized spacial score (nSPS) is 13.2. The fraction of sp³-hybridized carbons (Fsp3) is 0.452. The van der Waals surface area contributed by atoms with Crippen molar-refractivity contribution in [1.82, 2.24) is 25.8 Å². The first-order valence-electron chi connectivity index (χ1n) is 27.0. The Hall–Kier alpha value is 5.67. The number of ether oxygens (including phenoxy) is 3. The Morgan fingerprint density at radius 3 is 1.13 bits per heavy atom. The van der Waals surface area contributed by atoms with E-state index in [0.717, 1.165) is 27.6 Å². The van der Waals surface area contributed by atoms with Crippen LogP contribution >= 0.6 is 15.9 Å². The number of rotatable bonds is 9. The molecule has 3 N–H and O–H groups in total. The van der Waals surface area contributed by atoms with Crippen LogP contribution in [0.3, 0.4) is 0 Å². The third kappa shape index (κ3) is 58.5. The summed E-state index contributed by atoms with van der Waals surface area (Å²) in [6.07, 6.45) is 6.74. The van der Waals surface area contributed by atoms with E-state index in [-0.39, 0.29) is 49.0 Å². The summed E-state index contributed by atoms with van der Waals surface area (Å²) in [6.45, 7) is 10.3. The van der Waals surface area contributed by atoms with Crippen molar-refractivity contribution in [2.45, 2.75) is 90.6 Å². The van der Waals surface area contributed by atoms with E-state index >= 15 is 0 Å². The second-order valence-electron chi connectivity index (χ2n) is 17.6. The summed E-state index contributed by atoms with van der Waals surface area (Å²) >= 11 is 22.5. The molecule has 6 rings (SSSR count). The van der Waals surface area contributed by atoms with Crippen LogP contribution in [0.2, 0.25) is 0 Å². The maximum Gasteiger partial charge on any atom is 0.407 e. The summed E-state index contributed by atoms with van der Waals surface area (Å²) in [5.74, 6) is 6.67. The van der Waals surface area contributed by atoms with Crippen molar-refractivity contribution in [1.29, 1.82) is 0 Å². The fourth-order valence-corrected chi connectivity index (χ4v) is 125. The maximum absolute atomic E-state index is 12.7. The Morgan fingerprint density at radius 1 is 0.495 bits per heavy atom. The molecule has 2 unspecified atom stereocenters. The molecule has 0 bridgehead atoms. The number of amides is 7. The Morgan fingerprint density at radius 2 is 0.817 bits per heavy atom. The van der Waals surface area contributed by atoms with Gasteiger partial charge in [-0.2, -0.15) is 0 Å².